The van der Waals surface area contributed by atoms with Gasteiger partial charge in [-0.25, -0.2) is 13.1 Å². The van der Waals surface area contributed by atoms with Gasteiger partial charge in [0.05, 0.1) is 25.6 Å². The van der Waals surface area contributed by atoms with Crippen LogP contribution in [-0.2, 0) is 26.0 Å². The van der Waals surface area contributed by atoms with E-state index < -0.39 is 10.0 Å². The van der Waals surface area contributed by atoms with Crippen molar-refractivity contribution in [2.45, 2.75) is 6.54 Å². The van der Waals surface area contributed by atoms with Crippen molar-refractivity contribution in [3.8, 4) is 0 Å². The summed E-state index contributed by atoms with van der Waals surface area (Å²) in [6.07, 6.45) is 3.26. The number of hydrogen-bond donors (Lipinski definition) is 1. The molecule has 0 bridgehead atoms. The van der Waals surface area contributed by atoms with Crippen molar-refractivity contribution in [3.63, 3.8) is 0 Å². The minimum absolute atomic E-state index is 0.0586. The lowest BCUT2D eigenvalue weighted by Crippen LogP contribution is -2.28. The van der Waals surface area contributed by atoms with Crippen LogP contribution >= 0.6 is 0 Å². The lowest BCUT2D eigenvalue weighted by Gasteiger charge is -2.07. The number of methoxy groups -OCH3 is 1. The molecule has 0 aliphatic rings. The maximum Gasteiger partial charge on any atom is 0.214 e. The van der Waals surface area contributed by atoms with Crippen LogP contribution in [-0.4, -0.2) is 46.1 Å². The van der Waals surface area contributed by atoms with E-state index in [0.717, 1.165) is 5.56 Å². The van der Waals surface area contributed by atoms with Gasteiger partial charge in [0.25, 0.3) is 0 Å². The zero-order valence-corrected chi connectivity index (χ0v) is 11.1. The molecule has 1 N–H and O–H groups in total. The quantitative estimate of drug-likeness (QED) is 0.649. The highest BCUT2D eigenvalue weighted by molar-refractivity contribution is 7.89. The Labute approximate surface area is 107 Å². The van der Waals surface area contributed by atoms with Crippen molar-refractivity contribution in [2.75, 3.05) is 32.7 Å². The van der Waals surface area contributed by atoms with Gasteiger partial charge in [0.2, 0.25) is 10.0 Å². The molecule has 6 nitrogen and oxygen atoms in total. The maximum absolute atomic E-state index is 11.6. The molecule has 0 saturated heterocycles. The minimum atomic E-state index is -3.31. The summed E-state index contributed by atoms with van der Waals surface area (Å²) in [7, 11) is -1.75. The number of aromatic nitrogens is 1. The standard InChI is InChI=1S/C11H18N2O4S/c1-16-5-6-17-7-8-18(14,15)13-10-11-3-2-4-12-9-11/h2-4,9,13H,5-8,10H2,1H3. The molecule has 0 aromatic carbocycles. The average Bonchev–Trinajstić information content (AvgIpc) is 2.38. The van der Waals surface area contributed by atoms with E-state index in [-0.39, 0.29) is 18.9 Å². The Morgan fingerprint density at radius 1 is 1.33 bits per heavy atom. The molecule has 1 aromatic heterocycles. The molecule has 0 saturated carbocycles. The lowest BCUT2D eigenvalue weighted by atomic mass is 10.3. The minimum Gasteiger partial charge on any atom is -0.382 e. The van der Waals surface area contributed by atoms with Gasteiger partial charge in [-0.1, -0.05) is 6.07 Å². The first-order valence-electron chi connectivity index (χ1n) is 5.57. The van der Waals surface area contributed by atoms with Crippen LogP contribution in [0, 0.1) is 0 Å². The van der Waals surface area contributed by atoms with Crippen molar-refractivity contribution in [1.29, 1.82) is 0 Å². The molecule has 102 valence electrons. The first-order chi connectivity index (χ1) is 8.64. The van der Waals surface area contributed by atoms with Gasteiger partial charge in [-0.05, 0) is 11.6 Å². The Morgan fingerprint density at radius 2 is 2.17 bits per heavy atom. The van der Waals surface area contributed by atoms with E-state index in [4.69, 9.17) is 9.47 Å². The van der Waals surface area contributed by atoms with Crippen molar-refractivity contribution >= 4 is 10.0 Å². The van der Waals surface area contributed by atoms with Crippen molar-refractivity contribution < 1.29 is 17.9 Å². The summed E-state index contributed by atoms with van der Waals surface area (Å²) >= 11 is 0. The van der Waals surface area contributed by atoms with Crippen molar-refractivity contribution in [1.82, 2.24) is 9.71 Å². The molecular weight excluding hydrogens is 256 g/mol. The highest BCUT2D eigenvalue weighted by Crippen LogP contribution is 1.96. The second-order valence-electron chi connectivity index (χ2n) is 3.61. The fourth-order valence-electron chi connectivity index (χ4n) is 1.18. The highest BCUT2D eigenvalue weighted by Gasteiger charge is 2.09. The summed E-state index contributed by atoms with van der Waals surface area (Å²) in [5, 5.41) is 0. The second kappa shape index (κ2) is 8.15. The fourth-order valence-corrected chi connectivity index (χ4v) is 2.05. The monoisotopic (exact) mass is 274 g/mol. The highest BCUT2D eigenvalue weighted by atomic mass is 32.2. The van der Waals surface area contributed by atoms with Crippen molar-refractivity contribution in [3.05, 3.63) is 30.1 Å². The number of sulfonamides is 1. The van der Waals surface area contributed by atoms with Crippen LogP contribution in [0.2, 0.25) is 0 Å². The van der Waals surface area contributed by atoms with Gasteiger partial charge in [-0.15, -0.1) is 0 Å². The van der Waals surface area contributed by atoms with E-state index in [0.29, 0.717) is 13.2 Å². The molecule has 1 aromatic rings. The van der Waals surface area contributed by atoms with E-state index in [1.165, 1.54) is 0 Å². The molecule has 18 heavy (non-hydrogen) atoms. The molecule has 0 radical (unpaired) electrons. The summed E-state index contributed by atoms with van der Waals surface area (Å²) in [6, 6.07) is 3.57. The summed E-state index contributed by atoms with van der Waals surface area (Å²) in [5.74, 6) is -0.0586. The van der Waals surface area contributed by atoms with Gasteiger partial charge in [0, 0.05) is 26.0 Å². The summed E-state index contributed by atoms with van der Waals surface area (Å²) in [6.45, 7) is 1.26. The smallest absolute Gasteiger partial charge is 0.214 e. The Balaban J connectivity index is 2.23. The number of pyridine rings is 1. The molecule has 0 aliphatic carbocycles. The number of ether oxygens (including phenoxy) is 2. The van der Waals surface area contributed by atoms with Crippen LogP contribution in [0.5, 0.6) is 0 Å². The maximum atomic E-state index is 11.6. The van der Waals surface area contributed by atoms with Crippen LogP contribution in [0.25, 0.3) is 0 Å². The number of rotatable bonds is 9. The average molecular weight is 274 g/mol. The first-order valence-corrected chi connectivity index (χ1v) is 7.22. The zero-order valence-electron chi connectivity index (χ0n) is 10.3. The van der Waals surface area contributed by atoms with Crippen molar-refractivity contribution in [2.24, 2.45) is 0 Å². The van der Waals surface area contributed by atoms with E-state index in [9.17, 15) is 8.42 Å². The Hall–Kier alpha value is -1.02. The molecule has 1 heterocycles. The number of nitrogens with one attached hydrogen (secondary N) is 1. The number of hydrogen-bond acceptors (Lipinski definition) is 5. The Bertz CT molecular complexity index is 422. The summed E-state index contributed by atoms with van der Waals surface area (Å²) < 4.78 is 35.6. The third-order valence-electron chi connectivity index (χ3n) is 2.15. The molecule has 0 atom stereocenters. The third-order valence-corrected chi connectivity index (χ3v) is 3.44. The van der Waals surface area contributed by atoms with Crippen LogP contribution in [0.1, 0.15) is 5.56 Å². The third kappa shape index (κ3) is 6.65. The largest absolute Gasteiger partial charge is 0.382 e. The fraction of sp³-hybridized carbons (Fsp3) is 0.545. The Morgan fingerprint density at radius 3 is 2.83 bits per heavy atom. The normalized spacial score (nSPS) is 11.6. The van der Waals surface area contributed by atoms with Gasteiger partial charge in [0.15, 0.2) is 0 Å². The van der Waals surface area contributed by atoms with Gasteiger partial charge in [-0.2, -0.15) is 0 Å². The topological polar surface area (TPSA) is 77.5 Å². The second-order valence-corrected chi connectivity index (χ2v) is 5.53. The molecule has 0 amide bonds. The Kier molecular flexibility index (Phi) is 6.81. The van der Waals surface area contributed by atoms with Crippen LogP contribution < -0.4 is 4.72 Å². The predicted molar refractivity (Wildman–Crippen MR) is 67.6 cm³/mol. The van der Waals surface area contributed by atoms with Crippen LogP contribution in [0.15, 0.2) is 24.5 Å². The van der Waals surface area contributed by atoms with Gasteiger partial charge in [-0.3, -0.25) is 4.98 Å². The molecule has 0 unspecified atom stereocenters. The van der Waals surface area contributed by atoms with Gasteiger partial charge >= 0.3 is 0 Å². The van der Waals surface area contributed by atoms with E-state index >= 15 is 0 Å². The van der Waals surface area contributed by atoms with E-state index in [1.54, 1.807) is 25.6 Å². The molecule has 1 rings (SSSR count). The molecule has 0 fully saturated rings. The zero-order chi connectivity index (χ0) is 13.3. The van der Waals surface area contributed by atoms with E-state index in [1.807, 2.05) is 6.07 Å². The van der Waals surface area contributed by atoms with Crippen LogP contribution in [0.4, 0.5) is 0 Å². The number of nitrogens with zero attached hydrogens (tertiary/aromatic N) is 1. The molecule has 0 spiro atoms. The summed E-state index contributed by atoms with van der Waals surface area (Å²) in [4.78, 5) is 3.91. The first kappa shape index (κ1) is 15.0. The van der Waals surface area contributed by atoms with Gasteiger partial charge in [0.1, 0.15) is 0 Å². The molecular formula is C11H18N2O4S. The van der Waals surface area contributed by atoms with Gasteiger partial charge < -0.3 is 9.47 Å². The lowest BCUT2D eigenvalue weighted by molar-refractivity contribution is 0.0784. The SMILES string of the molecule is COCCOCCS(=O)(=O)NCc1cccnc1. The molecule has 7 heteroatoms. The predicted octanol–water partition coefficient (Wildman–Crippen LogP) is 0.164. The van der Waals surface area contributed by atoms with E-state index in [2.05, 4.69) is 9.71 Å². The molecule has 0 aliphatic heterocycles. The summed E-state index contributed by atoms with van der Waals surface area (Å²) in [5.41, 5.74) is 0.821. The van der Waals surface area contributed by atoms with Crippen LogP contribution in [0.3, 0.4) is 0 Å².